The van der Waals surface area contributed by atoms with E-state index < -0.39 is 16.9 Å². The van der Waals surface area contributed by atoms with E-state index in [1.165, 1.54) is 5.56 Å². The predicted octanol–water partition coefficient (Wildman–Crippen LogP) is 3.11. The number of nitrogens with two attached hydrogens (primary N) is 1. The standard InChI is InChI=1S/C16H25NO2/c1-5-6-12-7-9-13(10-8-12)16(4,11-14(18)19)15(2,3)17/h7-10H,5-6,11,17H2,1-4H3,(H,18,19). The minimum atomic E-state index is -0.821. The van der Waals surface area contributed by atoms with Gasteiger partial charge in [-0.05, 0) is 31.4 Å². The maximum absolute atomic E-state index is 11.1. The Labute approximate surface area is 115 Å². The van der Waals surface area contributed by atoms with Crippen molar-refractivity contribution in [3.63, 3.8) is 0 Å². The zero-order valence-corrected chi connectivity index (χ0v) is 12.4. The summed E-state index contributed by atoms with van der Waals surface area (Å²) in [6.45, 7) is 7.84. The number of hydrogen-bond acceptors (Lipinski definition) is 2. The van der Waals surface area contributed by atoms with Crippen molar-refractivity contribution in [3.05, 3.63) is 35.4 Å². The van der Waals surface area contributed by atoms with Gasteiger partial charge in [0.25, 0.3) is 0 Å². The Bertz CT molecular complexity index is 431. The molecule has 19 heavy (non-hydrogen) atoms. The molecule has 0 saturated heterocycles. The Kier molecular flexibility index (Phi) is 4.75. The number of carboxylic acids is 1. The first-order valence-corrected chi connectivity index (χ1v) is 6.81. The molecule has 3 N–H and O–H groups in total. The number of hydrogen-bond donors (Lipinski definition) is 2. The number of rotatable bonds is 6. The molecule has 1 atom stereocenters. The highest BCUT2D eigenvalue weighted by molar-refractivity contribution is 5.69. The molecule has 0 fully saturated rings. The maximum Gasteiger partial charge on any atom is 0.304 e. The van der Waals surface area contributed by atoms with Crippen LogP contribution in [0.3, 0.4) is 0 Å². The molecule has 0 bridgehead atoms. The summed E-state index contributed by atoms with van der Waals surface area (Å²) in [5.41, 5.74) is 7.31. The average molecular weight is 263 g/mol. The quantitative estimate of drug-likeness (QED) is 0.829. The van der Waals surface area contributed by atoms with Gasteiger partial charge in [0.1, 0.15) is 0 Å². The summed E-state index contributed by atoms with van der Waals surface area (Å²) in [5.74, 6) is -0.821. The first-order valence-electron chi connectivity index (χ1n) is 6.81. The molecule has 0 aliphatic heterocycles. The van der Waals surface area contributed by atoms with Gasteiger partial charge in [0, 0.05) is 11.0 Å². The third kappa shape index (κ3) is 3.57. The van der Waals surface area contributed by atoms with Gasteiger partial charge in [-0.2, -0.15) is 0 Å². The molecule has 106 valence electrons. The van der Waals surface area contributed by atoms with Crippen LogP contribution in [0.25, 0.3) is 0 Å². The van der Waals surface area contributed by atoms with Crippen LogP contribution in [-0.4, -0.2) is 16.6 Å². The fraction of sp³-hybridized carbons (Fsp3) is 0.562. The molecule has 1 aromatic rings. The second-order valence-electron chi connectivity index (χ2n) is 6.07. The lowest BCUT2D eigenvalue weighted by Crippen LogP contribution is -2.53. The van der Waals surface area contributed by atoms with Crippen molar-refractivity contribution in [2.24, 2.45) is 5.73 Å². The summed E-state index contributed by atoms with van der Waals surface area (Å²) in [4.78, 5) is 11.1. The van der Waals surface area contributed by atoms with E-state index in [4.69, 9.17) is 10.8 Å². The van der Waals surface area contributed by atoms with Gasteiger partial charge in [-0.15, -0.1) is 0 Å². The number of aliphatic carboxylic acids is 1. The topological polar surface area (TPSA) is 63.3 Å². The summed E-state index contributed by atoms with van der Waals surface area (Å²) >= 11 is 0. The highest BCUT2D eigenvalue weighted by atomic mass is 16.4. The van der Waals surface area contributed by atoms with Crippen LogP contribution in [0.5, 0.6) is 0 Å². The van der Waals surface area contributed by atoms with Crippen molar-refractivity contribution in [1.29, 1.82) is 0 Å². The normalized spacial score (nSPS) is 15.0. The van der Waals surface area contributed by atoms with E-state index in [-0.39, 0.29) is 6.42 Å². The number of benzene rings is 1. The largest absolute Gasteiger partial charge is 0.481 e. The monoisotopic (exact) mass is 263 g/mol. The van der Waals surface area contributed by atoms with Gasteiger partial charge in [-0.1, -0.05) is 44.5 Å². The molecule has 0 aliphatic carbocycles. The molecule has 0 aliphatic rings. The van der Waals surface area contributed by atoms with E-state index in [1.807, 2.05) is 32.9 Å². The Morgan fingerprint density at radius 3 is 2.11 bits per heavy atom. The van der Waals surface area contributed by atoms with Crippen molar-refractivity contribution >= 4 is 5.97 Å². The van der Waals surface area contributed by atoms with E-state index in [2.05, 4.69) is 19.1 Å². The number of carbonyl (C=O) groups is 1. The number of carboxylic acid groups (broad SMARTS) is 1. The van der Waals surface area contributed by atoms with Crippen LogP contribution in [0, 0.1) is 0 Å². The van der Waals surface area contributed by atoms with Gasteiger partial charge < -0.3 is 10.8 Å². The highest BCUT2D eigenvalue weighted by Gasteiger charge is 2.41. The van der Waals surface area contributed by atoms with Crippen molar-refractivity contribution in [2.75, 3.05) is 0 Å². The van der Waals surface area contributed by atoms with Crippen LogP contribution in [0.15, 0.2) is 24.3 Å². The average Bonchev–Trinajstić information content (AvgIpc) is 2.27. The molecule has 0 radical (unpaired) electrons. The van der Waals surface area contributed by atoms with Crippen LogP contribution in [-0.2, 0) is 16.6 Å². The Hall–Kier alpha value is -1.35. The molecular formula is C16H25NO2. The zero-order chi connectivity index (χ0) is 14.7. The predicted molar refractivity (Wildman–Crippen MR) is 78.3 cm³/mol. The second kappa shape index (κ2) is 5.74. The Balaban J connectivity index is 3.15. The third-order valence-corrected chi connectivity index (χ3v) is 4.06. The van der Waals surface area contributed by atoms with Gasteiger partial charge in [0.2, 0.25) is 0 Å². The lowest BCUT2D eigenvalue weighted by molar-refractivity contribution is -0.139. The third-order valence-electron chi connectivity index (χ3n) is 4.06. The minimum Gasteiger partial charge on any atom is -0.481 e. The SMILES string of the molecule is CCCc1ccc(C(C)(CC(=O)O)C(C)(C)N)cc1. The molecular weight excluding hydrogens is 238 g/mol. The second-order valence-corrected chi connectivity index (χ2v) is 6.07. The van der Waals surface area contributed by atoms with E-state index in [1.54, 1.807) is 0 Å². The van der Waals surface area contributed by atoms with Crippen LogP contribution in [0.2, 0.25) is 0 Å². The summed E-state index contributed by atoms with van der Waals surface area (Å²) in [6, 6.07) is 8.18. The van der Waals surface area contributed by atoms with E-state index in [9.17, 15) is 4.79 Å². The van der Waals surface area contributed by atoms with Crippen molar-refractivity contribution in [1.82, 2.24) is 0 Å². The lowest BCUT2D eigenvalue weighted by atomic mass is 9.66. The molecule has 3 heteroatoms. The fourth-order valence-electron chi connectivity index (χ4n) is 2.33. The molecule has 1 rings (SSSR count). The van der Waals surface area contributed by atoms with E-state index >= 15 is 0 Å². The zero-order valence-electron chi connectivity index (χ0n) is 12.4. The number of aryl methyl sites for hydroxylation is 1. The van der Waals surface area contributed by atoms with Crippen LogP contribution in [0.1, 0.15) is 51.7 Å². The summed E-state index contributed by atoms with van der Waals surface area (Å²) in [6.07, 6.45) is 2.18. The minimum absolute atomic E-state index is 0.0314. The maximum atomic E-state index is 11.1. The molecule has 1 unspecified atom stereocenters. The first-order chi connectivity index (χ1) is 8.70. The molecule has 0 spiro atoms. The van der Waals surface area contributed by atoms with Crippen molar-refractivity contribution < 1.29 is 9.90 Å². The van der Waals surface area contributed by atoms with Crippen LogP contribution in [0.4, 0.5) is 0 Å². The first kappa shape index (κ1) is 15.7. The Morgan fingerprint density at radius 1 is 1.21 bits per heavy atom. The molecule has 0 saturated carbocycles. The van der Waals surface area contributed by atoms with Crippen molar-refractivity contribution in [2.45, 2.75) is 57.9 Å². The molecule has 3 nitrogen and oxygen atoms in total. The highest BCUT2D eigenvalue weighted by Crippen LogP contribution is 2.37. The van der Waals surface area contributed by atoms with Crippen molar-refractivity contribution in [3.8, 4) is 0 Å². The van der Waals surface area contributed by atoms with Crippen LogP contribution < -0.4 is 5.73 Å². The van der Waals surface area contributed by atoms with Gasteiger partial charge in [-0.3, -0.25) is 4.79 Å². The molecule has 0 heterocycles. The summed E-state index contributed by atoms with van der Waals surface area (Å²) in [7, 11) is 0. The van der Waals surface area contributed by atoms with E-state index in [0.29, 0.717) is 0 Å². The van der Waals surface area contributed by atoms with Gasteiger partial charge in [0.05, 0.1) is 6.42 Å². The molecule has 0 aromatic heterocycles. The van der Waals surface area contributed by atoms with E-state index in [0.717, 1.165) is 18.4 Å². The lowest BCUT2D eigenvalue weighted by Gasteiger charge is -2.41. The molecule has 0 amide bonds. The van der Waals surface area contributed by atoms with Crippen LogP contribution >= 0.6 is 0 Å². The van der Waals surface area contributed by atoms with Gasteiger partial charge in [0.15, 0.2) is 0 Å². The van der Waals surface area contributed by atoms with Gasteiger partial charge >= 0.3 is 5.97 Å². The summed E-state index contributed by atoms with van der Waals surface area (Å²) < 4.78 is 0. The smallest absolute Gasteiger partial charge is 0.304 e. The summed E-state index contributed by atoms with van der Waals surface area (Å²) in [5, 5.41) is 9.16. The Morgan fingerprint density at radius 2 is 1.74 bits per heavy atom. The fourth-order valence-corrected chi connectivity index (χ4v) is 2.33. The molecule has 1 aromatic carbocycles. The van der Waals surface area contributed by atoms with Gasteiger partial charge in [-0.25, -0.2) is 0 Å².